The molecule has 0 bridgehead atoms. The lowest BCUT2D eigenvalue weighted by Crippen LogP contribution is -2.27. The molecule has 0 N–H and O–H groups in total. The summed E-state index contributed by atoms with van der Waals surface area (Å²) < 4.78 is 5.30. The maximum atomic E-state index is 11.6. The maximum absolute atomic E-state index is 11.6. The van der Waals surface area contributed by atoms with Crippen molar-refractivity contribution in [3.63, 3.8) is 0 Å². The molecule has 0 aliphatic carbocycles. The molecule has 0 saturated carbocycles. The van der Waals surface area contributed by atoms with Crippen molar-refractivity contribution >= 4 is 5.97 Å². The van der Waals surface area contributed by atoms with E-state index in [-0.39, 0.29) is 5.97 Å². The number of likely N-dealkylation sites (N-methyl/N-ethyl adjacent to an activating group) is 1. The molecule has 0 spiro atoms. The van der Waals surface area contributed by atoms with Crippen molar-refractivity contribution in [2.24, 2.45) is 0 Å². The van der Waals surface area contributed by atoms with E-state index in [4.69, 9.17) is 4.74 Å². The first-order valence-corrected chi connectivity index (χ1v) is 10.6. The summed E-state index contributed by atoms with van der Waals surface area (Å²) in [6, 6.07) is 0. The van der Waals surface area contributed by atoms with Crippen molar-refractivity contribution < 1.29 is 9.53 Å². The summed E-state index contributed by atoms with van der Waals surface area (Å²) in [6.07, 6.45) is 16.5. The van der Waals surface area contributed by atoms with E-state index in [1.165, 1.54) is 70.6 Å². The van der Waals surface area contributed by atoms with Crippen molar-refractivity contribution in [2.45, 2.75) is 104 Å². The second kappa shape index (κ2) is 18.8. The predicted octanol–water partition coefficient (Wildman–Crippen LogP) is 5.96. The minimum atomic E-state index is -0.0192. The monoisotopic (exact) mass is 341 g/mol. The van der Waals surface area contributed by atoms with Crippen LogP contribution in [0, 0.1) is 0 Å². The van der Waals surface area contributed by atoms with E-state index >= 15 is 0 Å². The molecule has 0 aromatic carbocycles. The molecule has 144 valence electrons. The number of nitrogens with zero attached hydrogens (tertiary/aromatic N) is 1. The first kappa shape index (κ1) is 23.4. The number of hydrogen-bond acceptors (Lipinski definition) is 3. The van der Waals surface area contributed by atoms with Crippen molar-refractivity contribution in [1.29, 1.82) is 0 Å². The van der Waals surface area contributed by atoms with Gasteiger partial charge in [0.05, 0.1) is 0 Å². The molecule has 24 heavy (non-hydrogen) atoms. The molecule has 0 aromatic rings. The van der Waals surface area contributed by atoms with Gasteiger partial charge in [-0.2, -0.15) is 0 Å². The highest BCUT2D eigenvalue weighted by atomic mass is 16.5. The van der Waals surface area contributed by atoms with Crippen LogP contribution >= 0.6 is 0 Å². The molecular weight excluding hydrogens is 298 g/mol. The minimum Gasteiger partial charge on any atom is -0.464 e. The van der Waals surface area contributed by atoms with Gasteiger partial charge in [-0.15, -0.1) is 0 Å². The Hall–Kier alpha value is -0.570. The Morgan fingerprint density at radius 1 is 0.708 bits per heavy atom. The Bertz CT molecular complexity index is 265. The van der Waals surface area contributed by atoms with Crippen LogP contribution in [0.1, 0.15) is 104 Å². The topological polar surface area (TPSA) is 29.5 Å². The van der Waals surface area contributed by atoms with Gasteiger partial charge in [-0.3, -0.25) is 4.79 Å². The Balaban J connectivity index is 3.22. The molecule has 0 amide bonds. The van der Waals surface area contributed by atoms with Crippen molar-refractivity contribution in [1.82, 2.24) is 4.90 Å². The third kappa shape index (κ3) is 16.3. The van der Waals surface area contributed by atoms with Gasteiger partial charge < -0.3 is 9.64 Å². The Morgan fingerprint density at radius 3 is 1.62 bits per heavy atom. The lowest BCUT2D eigenvalue weighted by atomic mass is 10.0. The quantitative estimate of drug-likeness (QED) is 0.227. The summed E-state index contributed by atoms with van der Waals surface area (Å²) in [4.78, 5) is 13.9. The van der Waals surface area contributed by atoms with Crippen LogP contribution in [0.4, 0.5) is 0 Å². The highest BCUT2D eigenvalue weighted by Gasteiger charge is 2.04. The van der Waals surface area contributed by atoms with E-state index in [1.807, 2.05) is 0 Å². The van der Waals surface area contributed by atoms with Crippen LogP contribution in [0.25, 0.3) is 0 Å². The molecule has 0 radical (unpaired) electrons. The second-order valence-electron chi connectivity index (χ2n) is 6.89. The lowest BCUT2D eigenvalue weighted by molar-refractivity contribution is -0.144. The number of unbranched alkanes of at least 4 members (excludes halogenated alkanes) is 11. The molecular formula is C21H43NO2. The second-order valence-corrected chi connectivity index (χ2v) is 6.89. The van der Waals surface area contributed by atoms with E-state index < -0.39 is 0 Å². The van der Waals surface area contributed by atoms with Crippen molar-refractivity contribution in [3.05, 3.63) is 0 Å². The summed E-state index contributed by atoms with van der Waals surface area (Å²) in [7, 11) is 0. The molecule has 0 atom stereocenters. The van der Waals surface area contributed by atoms with Crippen molar-refractivity contribution in [2.75, 3.05) is 26.2 Å². The third-order valence-corrected chi connectivity index (χ3v) is 4.80. The van der Waals surface area contributed by atoms with E-state index in [0.717, 1.165) is 26.1 Å². The number of ether oxygens (including phenoxy) is 1. The molecule has 0 rings (SSSR count). The molecule has 3 heteroatoms. The van der Waals surface area contributed by atoms with Gasteiger partial charge in [0.2, 0.25) is 0 Å². The van der Waals surface area contributed by atoms with Gasteiger partial charge in [-0.05, 0) is 19.5 Å². The first-order chi connectivity index (χ1) is 11.7. The van der Waals surface area contributed by atoms with Crippen molar-refractivity contribution in [3.8, 4) is 0 Å². The molecule has 0 heterocycles. The molecule has 0 unspecified atom stereocenters. The Labute approximate surface area is 151 Å². The Kier molecular flexibility index (Phi) is 18.3. The van der Waals surface area contributed by atoms with Crippen LogP contribution in [0.15, 0.2) is 0 Å². The maximum Gasteiger partial charge on any atom is 0.305 e. The first-order valence-electron chi connectivity index (χ1n) is 10.6. The summed E-state index contributed by atoms with van der Waals surface area (Å²) in [5, 5.41) is 0. The van der Waals surface area contributed by atoms with Gasteiger partial charge in [-0.1, -0.05) is 91.4 Å². The summed E-state index contributed by atoms with van der Waals surface area (Å²) in [6.45, 7) is 9.98. The molecule has 3 nitrogen and oxygen atoms in total. The zero-order valence-electron chi connectivity index (χ0n) is 16.8. The summed E-state index contributed by atoms with van der Waals surface area (Å²) >= 11 is 0. The molecule has 0 aromatic heterocycles. The van der Waals surface area contributed by atoms with Crippen LogP contribution < -0.4 is 0 Å². The highest BCUT2D eigenvalue weighted by Crippen LogP contribution is 2.12. The van der Waals surface area contributed by atoms with Crippen LogP contribution in [-0.2, 0) is 9.53 Å². The van der Waals surface area contributed by atoms with E-state index in [1.54, 1.807) is 0 Å². The van der Waals surface area contributed by atoms with Gasteiger partial charge in [0.1, 0.15) is 6.61 Å². The number of rotatable bonds is 18. The summed E-state index contributed by atoms with van der Waals surface area (Å²) in [5.41, 5.74) is 0. The fraction of sp³-hybridized carbons (Fsp3) is 0.952. The van der Waals surface area contributed by atoms with Gasteiger partial charge in [0.25, 0.3) is 0 Å². The van der Waals surface area contributed by atoms with Gasteiger partial charge in [0.15, 0.2) is 0 Å². The van der Waals surface area contributed by atoms with E-state index in [9.17, 15) is 4.79 Å². The van der Waals surface area contributed by atoms with E-state index in [0.29, 0.717) is 13.0 Å². The van der Waals surface area contributed by atoms with Crippen LogP contribution in [0.2, 0.25) is 0 Å². The molecule has 0 saturated heterocycles. The summed E-state index contributed by atoms with van der Waals surface area (Å²) in [5.74, 6) is -0.0192. The smallest absolute Gasteiger partial charge is 0.305 e. The van der Waals surface area contributed by atoms with Crippen LogP contribution in [-0.4, -0.2) is 37.1 Å². The fourth-order valence-electron chi connectivity index (χ4n) is 3.01. The SMILES string of the molecule is CCCCCCCCCCCCCCC(=O)OCCN(CC)CC. The standard InChI is InChI=1S/C21H43NO2/c1-4-7-8-9-10-11-12-13-14-15-16-17-18-21(23)24-20-19-22(5-2)6-3/h4-20H2,1-3H3. The highest BCUT2D eigenvalue weighted by molar-refractivity contribution is 5.69. The number of esters is 1. The van der Waals surface area contributed by atoms with Crippen LogP contribution in [0.5, 0.6) is 0 Å². The number of carbonyl (C=O) groups excluding carboxylic acids is 1. The zero-order valence-corrected chi connectivity index (χ0v) is 16.8. The number of hydrogen-bond donors (Lipinski definition) is 0. The largest absolute Gasteiger partial charge is 0.464 e. The molecule has 0 aliphatic rings. The average molecular weight is 342 g/mol. The average Bonchev–Trinajstić information content (AvgIpc) is 2.59. The van der Waals surface area contributed by atoms with Gasteiger partial charge in [-0.25, -0.2) is 0 Å². The fourth-order valence-corrected chi connectivity index (χ4v) is 3.01. The van der Waals surface area contributed by atoms with Gasteiger partial charge in [0, 0.05) is 13.0 Å². The van der Waals surface area contributed by atoms with E-state index in [2.05, 4.69) is 25.7 Å². The lowest BCUT2D eigenvalue weighted by Gasteiger charge is -2.17. The van der Waals surface area contributed by atoms with Crippen LogP contribution in [0.3, 0.4) is 0 Å². The zero-order chi connectivity index (χ0) is 17.9. The minimum absolute atomic E-state index is 0.0192. The molecule has 0 aliphatic heterocycles. The predicted molar refractivity (Wildman–Crippen MR) is 104 cm³/mol. The molecule has 0 fully saturated rings. The normalized spacial score (nSPS) is 11.2. The third-order valence-electron chi connectivity index (χ3n) is 4.80. The van der Waals surface area contributed by atoms with Gasteiger partial charge >= 0.3 is 5.97 Å². The number of carbonyl (C=O) groups is 1. The Morgan fingerprint density at radius 2 is 1.17 bits per heavy atom.